The second-order valence-corrected chi connectivity index (χ2v) is 40.1. The van der Waals surface area contributed by atoms with Gasteiger partial charge in [-0.3, -0.25) is 0 Å². The second-order valence-electron chi connectivity index (χ2n) is 40.1. The van der Waals surface area contributed by atoms with E-state index in [2.05, 4.69) is 566 Å². The van der Waals surface area contributed by atoms with Crippen LogP contribution in [0, 0.1) is 6.92 Å². The topological polar surface area (TPSA) is 0 Å². The molecule has 0 bridgehead atoms. The lowest BCUT2D eigenvalue weighted by molar-refractivity contribution is 1.21. The number of fused-ring (bicyclic) bond motifs is 13. The number of benzene rings is 28. The minimum absolute atomic E-state index is 0.819. The highest BCUT2D eigenvalue weighted by Crippen LogP contribution is 2.51. The van der Waals surface area contributed by atoms with Crippen LogP contribution < -0.4 is 0 Å². The van der Waals surface area contributed by atoms with Crippen molar-refractivity contribution in [2.75, 3.05) is 0 Å². The molecule has 28 aromatic rings. The summed E-state index contributed by atoms with van der Waals surface area (Å²) in [6, 6.07) is 201. The van der Waals surface area contributed by atoms with E-state index in [9.17, 15) is 0 Å². The molecule has 0 atom stereocenters. The standard InChI is InChI=1S/C57H42.C47H32.C45H30/c1-37(2)55-51-33-39(24-28-47(51)38(3)48-30-26-45(35-53(48)55)41-16-8-4-9-17-41)32-40-25-29-49-52(34-40)57(44-22-14-7-15-23-44)54-36-46(42-18-10-5-11-19-42)27-31-50(54)56(49)43-20-12-6-13-21-43;1-3-11-34(12-4-1)35-22-24-37(25-23-35)46-42-17-9-10-18-43(42)47(36-13-5-2-6-14-36)45-29-33(20-26-44(45)46)27-32-19-21-40-30-38-15-7-8-16-39(38)31-41(40)28-32;1-2-12-33(13-3-1)44-40-18-8-9-19-41(40)45(39-20-10-16-32-11-6-7-17-38(32)39)43-27-31(22-24-42(43)44)25-30-21-23-36-28-34-14-4-5-15-35(34)29-37(36)26-30/h4-31,33-36H,1,32H2,2-3H3;1-26,28-31H,27H2;1-24,26-29H,25H2. The van der Waals surface area contributed by atoms with E-state index >= 15 is 0 Å². The molecule has 700 valence electrons. The van der Waals surface area contributed by atoms with E-state index in [0.717, 1.165) is 24.8 Å². The zero-order valence-corrected chi connectivity index (χ0v) is 83.3. The summed E-state index contributed by atoms with van der Waals surface area (Å²) in [7, 11) is 0. The summed E-state index contributed by atoms with van der Waals surface area (Å²) >= 11 is 0. The van der Waals surface area contributed by atoms with Crippen LogP contribution in [0.15, 0.2) is 553 Å². The summed E-state index contributed by atoms with van der Waals surface area (Å²) in [6.45, 7) is 8.94. The molecule has 28 aromatic carbocycles. The molecule has 0 radical (unpaired) electrons. The molecular weight excluding hydrogens is 1790 g/mol. The van der Waals surface area contributed by atoms with Crippen molar-refractivity contribution < 1.29 is 0 Å². The summed E-state index contributed by atoms with van der Waals surface area (Å²) in [4.78, 5) is 0. The fourth-order valence-electron chi connectivity index (χ4n) is 23.8. The summed E-state index contributed by atoms with van der Waals surface area (Å²) < 4.78 is 0. The molecule has 28 rings (SSSR count). The molecule has 0 aliphatic heterocycles. The van der Waals surface area contributed by atoms with Gasteiger partial charge in [0.1, 0.15) is 0 Å². The molecule has 0 unspecified atom stereocenters. The number of rotatable bonds is 16. The number of aryl methyl sites for hydroxylation is 1. The third-order valence-corrected chi connectivity index (χ3v) is 30.8. The van der Waals surface area contributed by atoms with Crippen molar-refractivity contribution in [3.63, 3.8) is 0 Å². The third kappa shape index (κ3) is 17.3. The van der Waals surface area contributed by atoms with Crippen LogP contribution in [0.25, 0.3) is 246 Å². The molecule has 0 saturated carbocycles. The monoisotopic (exact) mass is 1890 g/mol. The van der Waals surface area contributed by atoms with E-state index in [0.29, 0.717) is 0 Å². The van der Waals surface area contributed by atoms with Gasteiger partial charge >= 0.3 is 0 Å². The molecular formula is C149H104. The Morgan fingerprint density at radius 3 is 0.779 bits per heavy atom. The van der Waals surface area contributed by atoms with Gasteiger partial charge in [-0.2, -0.15) is 0 Å². The fraction of sp³-hybridized carbons (Fsp3) is 0.0336. The van der Waals surface area contributed by atoms with Crippen molar-refractivity contribution in [2.24, 2.45) is 0 Å². The Bertz CT molecular complexity index is 10100. The van der Waals surface area contributed by atoms with E-state index in [1.807, 2.05) is 0 Å². The zero-order chi connectivity index (χ0) is 99.4. The molecule has 0 heterocycles. The number of allylic oxidation sites excluding steroid dienone is 1. The number of hydrogen-bond donors (Lipinski definition) is 0. The Morgan fingerprint density at radius 1 is 0.148 bits per heavy atom. The average molecular weight is 1890 g/mol. The van der Waals surface area contributed by atoms with Crippen molar-refractivity contribution >= 4 is 146 Å². The summed E-state index contributed by atoms with van der Waals surface area (Å²) in [5.41, 5.74) is 34.1. The van der Waals surface area contributed by atoms with Crippen molar-refractivity contribution in [1.29, 1.82) is 0 Å². The summed E-state index contributed by atoms with van der Waals surface area (Å²) in [5.74, 6) is 0. The van der Waals surface area contributed by atoms with Gasteiger partial charge < -0.3 is 0 Å². The van der Waals surface area contributed by atoms with E-state index in [4.69, 9.17) is 0 Å². The molecule has 0 fully saturated rings. The minimum atomic E-state index is 0.819. The smallest absolute Gasteiger partial charge is 0.00200 e. The third-order valence-electron chi connectivity index (χ3n) is 30.8. The lowest BCUT2D eigenvalue weighted by Gasteiger charge is -2.20. The highest BCUT2D eigenvalue weighted by molar-refractivity contribution is 6.26. The highest BCUT2D eigenvalue weighted by Gasteiger charge is 2.25. The quantitative estimate of drug-likeness (QED) is 0.0846. The molecule has 0 aromatic heterocycles. The van der Waals surface area contributed by atoms with E-state index < -0.39 is 0 Å². The first-order valence-corrected chi connectivity index (χ1v) is 52.0. The lowest BCUT2D eigenvalue weighted by atomic mass is 9.83. The van der Waals surface area contributed by atoms with Gasteiger partial charge in [-0.05, 0) is 360 Å². The first kappa shape index (κ1) is 90.3. The van der Waals surface area contributed by atoms with Crippen molar-refractivity contribution in [2.45, 2.75) is 33.1 Å². The first-order chi connectivity index (χ1) is 73.6. The Morgan fingerprint density at radius 2 is 0.376 bits per heavy atom. The maximum atomic E-state index is 4.53. The van der Waals surface area contributed by atoms with E-state index in [1.165, 1.54) is 285 Å². The van der Waals surface area contributed by atoms with Gasteiger partial charge in [-0.25, -0.2) is 0 Å². The summed E-state index contributed by atoms with van der Waals surface area (Å²) in [5, 5.41) is 33.3. The van der Waals surface area contributed by atoms with Crippen LogP contribution in [0.4, 0.5) is 0 Å². The normalized spacial score (nSPS) is 11.5. The minimum Gasteiger partial charge on any atom is -0.0955 e. The van der Waals surface area contributed by atoms with Crippen LogP contribution in [0.1, 0.15) is 51.4 Å². The first-order valence-electron chi connectivity index (χ1n) is 52.0. The van der Waals surface area contributed by atoms with Crippen molar-refractivity contribution in [3.05, 3.63) is 597 Å². The van der Waals surface area contributed by atoms with Crippen LogP contribution in [-0.4, -0.2) is 0 Å². The van der Waals surface area contributed by atoms with Gasteiger partial charge in [-0.15, -0.1) is 0 Å². The van der Waals surface area contributed by atoms with Crippen LogP contribution >= 0.6 is 0 Å². The Hall–Kier alpha value is -18.7. The van der Waals surface area contributed by atoms with Gasteiger partial charge in [0.2, 0.25) is 0 Å². The Labute approximate surface area is 869 Å². The molecule has 0 spiro atoms. The molecule has 0 nitrogen and oxygen atoms in total. The lowest BCUT2D eigenvalue weighted by Crippen LogP contribution is -1.96. The number of hydrogen-bond acceptors (Lipinski definition) is 0. The maximum Gasteiger partial charge on any atom is -0.00200 e. The molecule has 149 heavy (non-hydrogen) atoms. The summed E-state index contributed by atoms with van der Waals surface area (Å²) in [6.07, 6.45) is 2.57. The van der Waals surface area contributed by atoms with Crippen LogP contribution in [-0.2, 0) is 19.3 Å². The maximum absolute atomic E-state index is 4.53. The van der Waals surface area contributed by atoms with Gasteiger partial charge in [0.25, 0.3) is 0 Å². The highest BCUT2D eigenvalue weighted by atomic mass is 14.3. The fourth-order valence-corrected chi connectivity index (χ4v) is 23.8. The van der Waals surface area contributed by atoms with Crippen molar-refractivity contribution in [1.82, 2.24) is 0 Å². The largest absolute Gasteiger partial charge is 0.0955 e. The average Bonchev–Trinajstić information content (AvgIpc) is 0.743. The van der Waals surface area contributed by atoms with Crippen LogP contribution in [0.2, 0.25) is 0 Å². The van der Waals surface area contributed by atoms with Gasteiger partial charge in [0, 0.05) is 0 Å². The second kappa shape index (κ2) is 39.1. The predicted molar refractivity (Wildman–Crippen MR) is 643 cm³/mol. The van der Waals surface area contributed by atoms with E-state index in [1.54, 1.807) is 0 Å². The predicted octanol–water partition coefficient (Wildman–Crippen LogP) is 41.2. The zero-order valence-electron chi connectivity index (χ0n) is 83.3. The molecule has 0 heteroatoms. The molecule has 0 aliphatic rings. The SMILES string of the molecule is C=C(C)c1c2cc(Cc3ccc4c(-c5ccccc5)c5ccc(-c6ccccc6)cc5c(-c5ccccc5)c4c3)ccc2c(C)c2ccc(-c3ccccc3)cc12.c1ccc(-c2c3ccccc3c(-c3cccc4ccccc34)c3cc(Cc4ccc5cc6ccccc6cc5c4)ccc23)cc1.c1ccc(-c2ccc(-c3c4ccccc4c(-c4ccccc4)c4cc(Cc5ccc6cc7ccccc7cc6c5)ccc34)cc2)cc1. The van der Waals surface area contributed by atoms with Gasteiger partial charge in [-0.1, -0.05) is 516 Å². The van der Waals surface area contributed by atoms with Crippen LogP contribution in [0.3, 0.4) is 0 Å². The van der Waals surface area contributed by atoms with E-state index in [-0.39, 0.29) is 0 Å². The van der Waals surface area contributed by atoms with Gasteiger partial charge in [0.05, 0.1) is 0 Å². The van der Waals surface area contributed by atoms with Crippen LogP contribution in [0.5, 0.6) is 0 Å². The molecule has 0 saturated heterocycles. The van der Waals surface area contributed by atoms with Gasteiger partial charge in [0.15, 0.2) is 0 Å². The Balaban J connectivity index is 0.000000114. The van der Waals surface area contributed by atoms with Crippen molar-refractivity contribution in [3.8, 4) is 100 Å². The Kier molecular flexibility index (Phi) is 23.7. The molecule has 0 amide bonds. The molecule has 0 N–H and O–H groups in total. The molecule has 0 aliphatic carbocycles.